The minimum atomic E-state index is 0.639. The van der Waals surface area contributed by atoms with Crippen LogP contribution in [0.2, 0.25) is 0 Å². The van der Waals surface area contributed by atoms with E-state index in [1.54, 1.807) is 0 Å². The van der Waals surface area contributed by atoms with Crippen LogP contribution in [0.15, 0.2) is 0 Å². The summed E-state index contributed by atoms with van der Waals surface area (Å²) in [6.45, 7) is 9.34. The highest BCUT2D eigenvalue weighted by molar-refractivity contribution is 4.84. The van der Waals surface area contributed by atoms with Gasteiger partial charge in [0.2, 0.25) is 0 Å². The van der Waals surface area contributed by atoms with Gasteiger partial charge < -0.3 is 15.1 Å². The van der Waals surface area contributed by atoms with Crippen molar-refractivity contribution in [3.8, 4) is 0 Å². The van der Waals surface area contributed by atoms with Crippen molar-refractivity contribution in [2.24, 2.45) is 0 Å². The van der Waals surface area contributed by atoms with Gasteiger partial charge in [-0.25, -0.2) is 0 Å². The molecule has 0 saturated carbocycles. The Balaban J connectivity index is 2.37. The fourth-order valence-corrected chi connectivity index (χ4v) is 2.33. The predicted octanol–water partition coefficient (Wildman–Crippen LogP) is 0.620. The van der Waals surface area contributed by atoms with E-state index in [0.29, 0.717) is 12.1 Å². The summed E-state index contributed by atoms with van der Waals surface area (Å²) < 4.78 is 0. The second-order valence-electron chi connectivity index (χ2n) is 4.79. The Morgan fingerprint density at radius 1 is 1.36 bits per heavy atom. The molecule has 1 saturated heterocycles. The fourth-order valence-electron chi connectivity index (χ4n) is 2.33. The van der Waals surface area contributed by atoms with E-state index in [0.717, 1.165) is 6.54 Å². The molecule has 0 aromatic carbocycles. The summed E-state index contributed by atoms with van der Waals surface area (Å²) in [5, 5.41) is 3.65. The van der Waals surface area contributed by atoms with Crippen LogP contribution in [-0.2, 0) is 0 Å². The van der Waals surface area contributed by atoms with E-state index in [2.05, 4.69) is 43.1 Å². The second-order valence-corrected chi connectivity index (χ2v) is 4.79. The van der Waals surface area contributed by atoms with Gasteiger partial charge in [-0.3, -0.25) is 0 Å². The third-order valence-corrected chi connectivity index (χ3v) is 2.66. The molecule has 1 N–H and O–H groups in total. The van der Waals surface area contributed by atoms with Crippen LogP contribution in [0.5, 0.6) is 0 Å². The Labute approximate surface area is 88.5 Å². The standard InChI is InChI=1S/C11H25N3/c1-5-6-14-7-10(2)12-11(9-14)8-13(3)4/h10-12H,5-9H2,1-4H3. The maximum atomic E-state index is 3.65. The first-order valence-corrected chi connectivity index (χ1v) is 5.75. The molecule has 0 radical (unpaired) electrons. The molecule has 0 aromatic heterocycles. The van der Waals surface area contributed by atoms with E-state index < -0.39 is 0 Å². The lowest BCUT2D eigenvalue weighted by molar-refractivity contribution is 0.149. The number of hydrogen-bond acceptors (Lipinski definition) is 3. The summed E-state index contributed by atoms with van der Waals surface area (Å²) >= 11 is 0. The van der Waals surface area contributed by atoms with Crippen LogP contribution in [0.4, 0.5) is 0 Å². The average molecular weight is 199 g/mol. The van der Waals surface area contributed by atoms with E-state index in [1.165, 1.54) is 26.1 Å². The zero-order valence-electron chi connectivity index (χ0n) is 10.1. The predicted molar refractivity (Wildman–Crippen MR) is 61.7 cm³/mol. The summed E-state index contributed by atoms with van der Waals surface area (Å²) in [5.74, 6) is 0. The minimum absolute atomic E-state index is 0.639. The number of likely N-dealkylation sites (N-methyl/N-ethyl adjacent to an activating group) is 1. The first kappa shape index (κ1) is 12.0. The largest absolute Gasteiger partial charge is 0.308 e. The molecule has 84 valence electrons. The van der Waals surface area contributed by atoms with Crippen molar-refractivity contribution in [1.82, 2.24) is 15.1 Å². The monoisotopic (exact) mass is 199 g/mol. The summed E-state index contributed by atoms with van der Waals surface area (Å²) in [5.41, 5.74) is 0. The van der Waals surface area contributed by atoms with Crippen LogP contribution in [0, 0.1) is 0 Å². The van der Waals surface area contributed by atoms with Crippen LogP contribution in [-0.4, -0.2) is 62.2 Å². The third kappa shape index (κ3) is 3.95. The average Bonchev–Trinajstić information content (AvgIpc) is 2.01. The van der Waals surface area contributed by atoms with E-state index in [9.17, 15) is 0 Å². The van der Waals surface area contributed by atoms with Gasteiger partial charge in [0.15, 0.2) is 0 Å². The SMILES string of the molecule is CCCN1CC(C)NC(CN(C)C)C1. The van der Waals surface area contributed by atoms with Gasteiger partial charge in [0.1, 0.15) is 0 Å². The smallest absolute Gasteiger partial charge is 0.0325 e. The summed E-state index contributed by atoms with van der Waals surface area (Å²) in [6, 6.07) is 1.28. The molecule has 3 nitrogen and oxygen atoms in total. The van der Waals surface area contributed by atoms with Crippen molar-refractivity contribution in [2.45, 2.75) is 32.4 Å². The topological polar surface area (TPSA) is 18.5 Å². The normalized spacial score (nSPS) is 29.8. The Kier molecular flexibility index (Phi) is 4.85. The molecule has 1 heterocycles. The van der Waals surface area contributed by atoms with Crippen molar-refractivity contribution in [3.63, 3.8) is 0 Å². The Hall–Kier alpha value is -0.120. The van der Waals surface area contributed by atoms with Crippen molar-refractivity contribution >= 4 is 0 Å². The van der Waals surface area contributed by atoms with Gasteiger partial charge in [0.05, 0.1) is 0 Å². The molecule has 0 aromatic rings. The molecular weight excluding hydrogens is 174 g/mol. The van der Waals surface area contributed by atoms with E-state index in [1.807, 2.05) is 0 Å². The maximum Gasteiger partial charge on any atom is 0.0325 e. The summed E-state index contributed by atoms with van der Waals surface area (Å²) in [7, 11) is 4.29. The van der Waals surface area contributed by atoms with Crippen molar-refractivity contribution in [1.29, 1.82) is 0 Å². The lowest BCUT2D eigenvalue weighted by Gasteiger charge is -2.38. The van der Waals surface area contributed by atoms with Crippen LogP contribution in [0.25, 0.3) is 0 Å². The number of nitrogens with one attached hydrogen (secondary N) is 1. The highest BCUT2D eigenvalue weighted by Gasteiger charge is 2.23. The first-order chi connectivity index (χ1) is 6.61. The first-order valence-electron chi connectivity index (χ1n) is 5.75. The Morgan fingerprint density at radius 2 is 2.07 bits per heavy atom. The van der Waals surface area contributed by atoms with Crippen LogP contribution < -0.4 is 5.32 Å². The molecular formula is C11H25N3. The molecule has 1 aliphatic heterocycles. The molecule has 2 unspecified atom stereocenters. The van der Waals surface area contributed by atoms with E-state index >= 15 is 0 Å². The zero-order chi connectivity index (χ0) is 10.6. The van der Waals surface area contributed by atoms with Crippen LogP contribution >= 0.6 is 0 Å². The Morgan fingerprint density at radius 3 is 2.64 bits per heavy atom. The molecule has 1 fully saturated rings. The zero-order valence-corrected chi connectivity index (χ0v) is 10.1. The van der Waals surface area contributed by atoms with Crippen molar-refractivity contribution < 1.29 is 0 Å². The van der Waals surface area contributed by atoms with Gasteiger partial charge in [-0.15, -0.1) is 0 Å². The lowest BCUT2D eigenvalue weighted by Crippen LogP contribution is -2.58. The summed E-state index contributed by atoms with van der Waals surface area (Å²) in [4.78, 5) is 4.84. The fraction of sp³-hybridized carbons (Fsp3) is 1.00. The molecule has 0 spiro atoms. The molecule has 14 heavy (non-hydrogen) atoms. The molecule has 1 rings (SSSR count). The molecule has 3 heteroatoms. The van der Waals surface area contributed by atoms with Gasteiger partial charge >= 0.3 is 0 Å². The molecule has 0 amide bonds. The number of rotatable bonds is 4. The molecule has 1 aliphatic rings. The maximum absolute atomic E-state index is 3.65. The highest BCUT2D eigenvalue weighted by Crippen LogP contribution is 2.05. The minimum Gasteiger partial charge on any atom is -0.308 e. The van der Waals surface area contributed by atoms with Crippen molar-refractivity contribution in [3.05, 3.63) is 0 Å². The van der Waals surface area contributed by atoms with Gasteiger partial charge in [-0.2, -0.15) is 0 Å². The number of nitrogens with zero attached hydrogens (tertiary/aromatic N) is 2. The molecule has 0 aliphatic carbocycles. The van der Waals surface area contributed by atoms with Crippen LogP contribution in [0.1, 0.15) is 20.3 Å². The lowest BCUT2D eigenvalue weighted by atomic mass is 10.1. The summed E-state index contributed by atoms with van der Waals surface area (Å²) in [6.07, 6.45) is 1.27. The number of hydrogen-bond donors (Lipinski definition) is 1. The third-order valence-electron chi connectivity index (χ3n) is 2.66. The number of piperazine rings is 1. The molecule has 0 bridgehead atoms. The Bertz CT molecular complexity index is 157. The van der Waals surface area contributed by atoms with E-state index in [4.69, 9.17) is 0 Å². The van der Waals surface area contributed by atoms with E-state index in [-0.39, 0.29) is 0 Å². The quantitative estimate of drug-likeness (QED) is 0.716. The van der Waals surface area contributed by atoms with Crippen LogP contribution in [0.3, 0.4) is 0 Å². The van der Waals surface area contributed by atoms with Crippen molar-refractivity contribution in [2.75, 3.05) is 40.3 Å². The van der Waals surface area contributed by atoms with Gasteiger partial charge in [-0.05, 0) is 34.0 Å². The van der Waals surface area contributed by atoms with Gasteiger partial charge in [-0.1, -0.05) is 6.92 Å². The van der Waals surface area contributed by atoms with Gasteiger partial charge in [0, 0.05) is 31.7 Å². The second kappa shape index (κ2) is 5.69. The van der Waals surface area contributed by atoms with Gasteiger partial charge in [0.25, 0.3) is 0 Å². The molecule has 2 atom stereocenters. The highest BCUT2D eigenvalue weighted by atomic mass is 15.2.